The Hall–Kier alpha value is -4.20. The van der Waals surface area contributed by atoms with Gasteiger partial charge in [0.25, 0.3) is 5.91 Å². The smallest absolute Gasteiger partial charge is 0.257 e. The molecule has 1 amide bonds. The normalized spacial score (nSPS) is 18.9. The van der Waals surface area contributed by atoms with E-state index >= 15 is 0 Å². The second kappa shape index (κ2) is 10.7. The van der Waals surface area contributed by atoms with E-state index in [0.29, 0.717) is 23.9 Å². The monoisotopic (exact) mass is 512 g/mol. The highest BCUT2D eigenvalue weighted by Crippen LogP contribution is 2.36. The van der Waals surface area contributed by atoms with Crippen molar-refractivity contribution in [3.05, 3.63) is 59.4 Å². The fraction of sp³-hybridized carbons (Fsp3) is 0.357. The standard InChI is InChI=1S/C28H32N8O2/c1-4-13-29-26(37)22-18-30-27(31-20-6-8-21(9-7-20)36-16-14-35(3)15-17-36)34-25(22)33-23-10-5-19-11-12-28(2,38)24(19)32-23/h1,5-10,18,38H,11-17H2,2-3H3,(H,29,37)(H2,30,31,32,33,34). The topological polar surface area (TPSA) is 119 Å². The number of nitrogens with zero attached hydrogens (tertiary/aromatic N) is 5. The highest BCUT2D eigenvalue weighted by Gasteiger charge is 2.33. The molecular formula is C28H32N8O2. The van der Waals surface area contributed by atoms with Crippen molar-refractivity contribution in [2.24, 2.45) is 0 Å². The zero-order valence-corrected chi connectivity index (χ0v) is 21.7. The third-order valence-corrected chi connectivity index (χ3v) is 6.99. The Bertz CT molecular complexity index is 1360. The van der Waals surface area contributed by atoms with Crippen LogP contribution in [0.5, 0.6) is 0 Å². The minimum atomic E-state index is -0.991. The number of rotatable bonds is 7. The van der Waals surface area contributed by atoms with Gasteiger partial charge in [0.2, 0.25) is 5.95 Å². The molecule has 2 aromatic heterocycles. The number of aryl methyl sites for hydroxylation is 1. The number of carbonyl (C=O) groups is 1. The first-order valence-corrected chi connectivity index (χ1v) is 12.7. The molecule has 2 aliphatic rings. The van der Waals surface area contributed by atoms with Crippen LogP contribution in [-0.2, 0) is 12.0 Å². The van der Waals surface area contributed by atoms with Gasteiger partial charge in [-0.1, -0.05) is 12.0 Å². The van der Waals surface area contributed by atoms with Crippen LogP contribution < -0.4 is 20.9 Å². The van der Waals surface area contributed by atoms with E-state index in [0.717, 1.165) is 43.9 Å². The molecule has 1 aliphatic carbocycles. The number of piperazine rings is 1. The lowest BCUT2D eigenvalue weighted by Gasteiger charge is -2.34. The van der Waals surface area contributed by atoms with Gasteiger partial charge in [-0.05, 0) is 62.7 Å². The molecule has 38 heavy (non-hydrogen) atoms. The van der Waals surface area contributed by atoms with Gasteiger partial charge in [-0.15, -0.1) is 6.42 Å². The summed E-state index contributed by atoms with van der Waals surface area (Å²) in [4.78, 5) is 31.0. The minimum Gasteiger partial charge on any atom is -0.384 e. The number of hydrogen-bond acceptors (Lipinski definition) is 9. The van der Waals surface area contributed by atoms with Gasteiger partial charge in [-0.2, -0.15) is 4.98 Å². The van der Waals surface area contributed by atoms with Gasteiger partial charge in [0.1, 0.15) is 22.8 Å². The number of terminal acetylenes is 1. The van der Waals surface area contributed by atoms with Crippen molar-refractivity contribution in [1.29, 1.82) is 0 Å². The van der Waals surface area contributed by atoms with Crippen LogP contribution >= 0.6 is 0 Å². The van der Waals surface area contributed by atoms with Gasteiger partial charge < -0.3 is 30.9 Å². The summed E-state index contributed by atoms with van der Waals surface area (Å²) in [6.07, 6.45) is 8.15. The van der Waals surface area contributed by atoms with Crippen molar-refractivity contribution in [1.82, 2.24) is 25.2 Å². The average molecular weight is 513 g/mol. The molecule has 1 aliphatic heterocycles. The first kappa shape index (κ1) is 25.4. The summed E-state index contributed by atoms with van der Waals surface area (Å²) in [5.74, 6) is 3.06. The summed E-state index contributed by atoms with van der Waals surface area (Å²) in [5.41, 5.74) is 2.88. The first-order valence-electron chi connectivity index (χ1n) is 12.7. The lowest BCUT2D eigenvalue weighted by atomic mass is 10.0. The Morgan fingerprint density at radius 3 is 2.61 bits per heavy atom. The molecular weight excluding hydrogens is 480 g/mol. The second-order valence-electron chi connectivity index (χ2n) is 9.91. The Balaban J connectivity index is 1.38. The third kappa shape index (κ3) is 5.54. The van der Waals surface area contributed by atoms with E-state index in [9.17, 15) is 9.90 Å². The van der Waals surface area contributed by atoms with Crippen molar-refractivity contribution < 1.29 is 9.90 Å². The van der Waals surface area contributed by atoms with Gasteiger partial charge in [-0.25, -0.2) is 9.97 Å². The predicted octanol–water partition coefficient (Wildman–Crippen LogP) is 2.63. The fourth-order valence-electron chi connectivity index (χ4n) is 4.72. The van der Waals surface area contributed by atoms with Gasteiger partial charge in [0.15, 0.2) is 0 Å². The molecule has 1 saturated heterocycles. The molecule has 1 aromatic carbocycles. The molecule has 4 N–H and O–H groups in total. The number of likely N-dealkylation sites (N-methyl/N-ethyl adjacent to an activating group) is 1. The molecule has 5 rings (SSSR count). The highest BCUT2D eigenvalue weighted by atomic mass is 16.3. The largest absolute Gasteiger partial charge is 0.384 e. The van der Waals surface area contributed by atoms with E-state index in [1.807, 2.05) is 24.3 Å². The summed E-state index contributed by atoms with van der Waals surface area (Å²) in [6.45, 7) is 5.92. The molecule has 10 heteroatoms. The van der Waals surface area contributed by atoms with E-state index in [2.05, 4.69) is 65.8 Å². The van der Waals surface area contributed by atoms with Crippen LogP contribution in [0.1, 0.15) is 35.0 Å². The lowest BCUT2D eigenvalue weighted by molar-refractivity contribution is 0.0555. The van der Waals surface area contributed by atoms with Crippen LogP contribution in [0.15, 0.2) is 42.6 Å². The molecule has 1 fully saturated rings. The van der Waals surface area contributed by atoms with Gasteiger partial charge in [0.05, 0.1) is 12.2 Å². The number of anilines is 5. The van der Waals surface area contributed by atoms with Gasteiger partial charge >= 0.3 is 0 Å². The third-order valence-electron chi connectivity index (χ3n) is 6.99. The van der Waals surface area contributed by atoms with Gasteiger partial charge in [-0.3, -0.25) is 4.79 Å². The van der Waals surface area contributed by atoms with E-state index in [1.54, 1.807) is 6.92 Å². The first-order chi connectivity index (χ1) is 18.3. The van der Waals surface area contributed by atoms with Crippen LogP contribution in [0, 0.1) is 12.3 Å². The number of carbonyl (C=O) groups excluding carboxylic acids is 1. The number of aromatic nitrogens is 3. The van der Waals surface area contributed by atoms with Crippen molar-refractivity contribution >= 4 is 34.9 Å². The maximum atomic E-state index is 12.8. The van der Waals surface area contributed by atoms with Crippen LogP contribution in [0.25, 0.3) is 0 Å². The van der Waals surface area contributed by atoms with E-state index in [-0.39, 0.29) is 17.9 Å². The Labute approximate surface area is 222 Å². The number of amides is 1. The van der Waals surface area contributed by atoms with Crippen molar-refractivity contribution in [3.63, 3.8) is 0 Å². The van der Waals surface area contributed by atoms with Crippen LogP contribution in [0.3, 0.4) is 0 Å². The summed E-state index contributed by atoms with van der Waals surface area (Å²) < 4.78 is 0. The number of benzene rings is 1. The SMILES string of the molecule is C#CCNC(=O)c1cnc(Nc2ccc(N3CCN(C)CC3)cc2)nc1Nc1ccc2c(n1)C(C)(O)CC2. The molecule has 3 aromatic rings. The summed E-state index contributed by atoms with van der Waals surface area (Å²) >= 11 is 0. The van der Waals surface area contributed by atoms with Crippen LogP contribution in [0.4, 0.5) is 29.0 Å². The molecule has 1 unspecified atom stereocenters. The van der Waals surface area contributed by atoms with Crippen molar-refractivity contribution in [2.75, 3.05) is 55.3 Å². The molecule has 1 atom stereocenters. The van der Waals surface area contributed by atoms with E-state index in [4.69, 9.17) is 6.42 Å². The number of hydrogen-bond donors (Lipinski definition) is 4. The molecule has 3 heterocycles. The molecule has 0 bridgehead atoms. The van der Waals surface area contributed by atoms with Crippen molar-refractivity contribution in [2.45, 2.75) is 25.4 Å². The van der Waals surface area contributed by atoms with E-state index in [1.165, 1.54) is 11.9 Å². The molecule has 196 valence electrons. The van der Waals surface area contributed by atoms with Gasteiger partial charge in [0, 0.05) is 43.8 Å². The Kier molecular flexibility index (Phi) is 7.13. The Morgan fingerprint density at radius 2 is 1.87 bits per heavy atom. The quantitative estimate of drug-likeness (QED) is 0.354. The maximum absolute atomic E-state index is 12.8. The summed E-state index contributed by atoms with van der Waals surface area (Å²) in [6, 6.07) is 11.9. The van der Waals surface area contributed by atoms with Crippen LogP contribution in [-0.4, -0.2) is 70.6 Å². The summed E-state index contributed by atoms with van der Waals surface area (Å²) in [5, 5.41) is 19.7. The number of pyridine rings is 1. The number of aliphatic hydroxyl groups is 1. The lowest BCUT2D eigenvalue weighted by Crippen LogP contribution is -2.44. The average Bonchev–Trinajstić information content (AvgIpc) is 3.22. The zero-order valence-electron chi connectivity index (χ0n) is 21.7. The molecule has 10 nitrogen and oxygen atoms in total. The maximum Gasteiger partial charge on any atom is 0.257 e. The fourth-order valence-corrected chi connectivity index (χ4v) is 4.72. The minimum absolute atomic E-state index is 0.0812. The molecule has 0 spiro atoms. The second-order valence-corrected chi connectivity index (χ2v) is 9.91. The zero-order chi connectivity index (χ0) is 26.7. The summed E-state index contributed by atoms with van der Waals surface area (Å²) in [7, 11) is 2.14. The molecule has 0 radical (unpaired) electrons. The van der Waals surface area contributed by atoms with Crippen molar-refractivity contribution in [3.8, 4) is 12.3 Å². The number of nitrogens with one attached hydrogen (secondary N) is 3. The Morgan fingerprint density at radius 1 is 1.11 bits per heavy atom. The van der Waals surface area contributed by atoms with Crippen LogP contribution in [0.2, 0.25) is 0 Å². The number of fused-ring (bicyclic) bond motifs is 1. The molecule has 0 saturated carbocycles. The predicted molar refractivity (Wildman–Crippen MR) is 148 cm³/mol. The highest BCUT2D eigenvalue weighted by molar-refractivity contribution is 5.99. The van der Waals surface area contributed by atoms with E-state index < -0.39 is 11.5 Å².